The van der Waals surface area contributed by atoms with Crippen LogP contribution in [-0.2, 0) is 23.4 Å². The number of nitrogens with one attached hydrogen (secondary N) is 2. The van der Waals surface area contributed by atoms with E-state index in [4.69, 9.17) is 0 Å². The van der Waals surface area contributed by atoms with Gasteiger partial charge in [0.15, 0.2) is 0 Å². The molecule has 8 heteroatoms. The minimum Gasteiger partial charge on any atom is -0.355 e. The first-order valence-corrected chi connectivity index (χ1v) is 13.7. The molecule has 1 fully saturated rings. The van der Waals surface area contributed by atoms with Crippen LogP contribution >= 0.6 is 23.1 Å². The number of rotatable bonds is 9. The number of aryl methyl sites for hydroxylation is 2. The van der Waals surface area contributed by atoms with Crippen molar-refractivity contribution in [3.63, 3.8) is 0 Å². The standard InChI is InChI=1S/C23H34N4O2S2/c1-27(16-8-3-2-4-9-16)13-7-12-24-20(28)15-30-14-19-25-22(29)21-17-10-5-6-11-18(17)31-23(21)26-19/h16H,2-15H2,1H3,(H,24,28)(H,25,26,29). The summed E-state index contributed by atoms with van der Waals surface area (Å²) < 4.78 is 0. The number of fused-ring (bicyclic) bond motifs is 3. The molecule has 1 amide bonds. The Bertz CT molecular complexity index is 949. The first-order chi connectivity index (χ1) is 15.1. The Hall–Kier alpha value is -1.38. The van der Waals surface area contributed by atoms with Gasteiger partial charge in [-0.3, -0.25) is 9.59 Å². The Balaban J connectivity index is 1.18. The third-order valence-electron chi connectivity index (χ3n) is 6.55. The molecule has 170 valence electrons. The number of thioether (sulfide) groups is 1. The van der Waals surface area contributed by atoms with E-state index < -0.39 is 0 Å². The summed E-state index contributed by atoms with van der Waals surface area (Å²) in [5.41, 5.74) is 1.19. The molecule has 0 radical (unpaired) electrons. The zero-order valence-corrected chi connectivity index (χ0v) is 20.1. The second kappa shape index (κ2) is 11.0. The zero-order chi connectivity index (χ0) is 21.6. The van der Waals surface area contributed by atoms with Crippen molar-refractivity contribution in [2.75, 3.05) is 25.9 Å². The van der Waals surface area contributed by atoms with Gasteiger partial charge < -0.3 is 15.2 Å². The molecule has 2 heterocycles. The predicted octanol–water partition coefficient (Wildman–Crippen LogP) is 3.87. The summed E-state index contributed by atoms with van der Waals surface area (Å²) in [6.07, 6.45) is 12.1. The molecule has 0 unspecified atom stereocenters. The van der Waals surface area contributed by atoms with Crippen LogP contribution in [0.5, 0.6) is 0 Å². The van der Waals surface area contributed by atoms with Crippen LogP contribution in [0.4, 0.5) is 0 Å². The lowest BCUT2D eigenvalue weighted by atomic mass is 9.94. The molecule has 0 aliphatic heterocycles. The summed E-state index contributed by atoms with van der Waals surface area (Å²) in [4.78, 5) is 37.0. The van der Waals surface area contributed by atoms with Gasteiger partial charge in [-0.25, -0.2) is 4.98 Å². The van der Waals surface area contributed by atoms with Gasteiger partial charge in [-0.15, -0.1) is 23.1 Å². The second-order valence-corrected chi connectivity index (χ2v) is 10.9. The maximum absolute atomic E-state index is 12.6. The van der Waals surface area contributed by atoms with Gasteiger partial charge in [-0.05, 0) is 64.1 Å². The molecular formula is C23H34N4O2S2. The van der Waals surface area contributed by atoms with Crippen LogP contribution in [0.2, 0.25) is 0 Å². The van der Waals surface area contributed by atoms with Crippen molar-refractivity contribution in [3.05, 3.63) is 26.6 Å². The number of nitrogens with zero attached hydrogens (tertiary/aromatic N) is 2. The minimum atomic E-state index is -0.0217. The van der Waals surface area contributed by atoms with Crippen molar-refractivity contribution in [1.82, 2.24) is 20.2 Å². The Kier molecular flexibility index (Phi) is 8.07. The van der Waals surface area contributed by atoms with E-state index in [-0.39, 0.29) is 11.5 Å². The van der Waals surface area contributed by atoms with Crippen molar-refractivity contribution in [3.8, 4) is 0 Å². The molecule has 2 aliphatic carbocycles. The van der Waals surface area contributed by atoms with E-state index in [1.165, 1.54) is 60.7 Å². The van der Waals surface area contributed by atoms with Gasteiger partial charge in [-0.2, -0.15) is 0 Å². The SMILES string of the molecule is CN(CCCNC(=O)CSCc1nc2sc3c(c2c(=O)[nH]1)CCCC3)C1CCCCC1. The normalized spacial score (nSPS) is 17.2. The largest absolute Gasteiger partial charge is 0.355 e. The molecule has 2 aromatic heterocycles. The lowest BCUT2D eigenvalue weighted by Gasteiger charge is -2.31. The maximum atomic E-state index is 12.6. The van der Waals surface area contributed by atoms with Crippen LogP contribution in [0.15, 0.2) is 4.79 Å². The van der Waals surface area contributed by atoms with Crippen molar-refractivity contribution >= 4 is 39.2 Å². The minimum absolute atomic E-state index is 0.0217. The summed E-state index contributed by atoms with van der Waals surface area (Å²) in [6, 6.07) is 0.723. The van der Waals surface area contributed by atoms with Crippen LogP contribution in [-0.4, -0.2) is 52.7 Å². The van der Waals surface area contributed by atoms with E-state index in [9.17, 15) is 9.59 Å². The van der Waals surface area contributed by atoms with Crippen molar-refractivity contribution in [1.29, 1.82) is 0 Å². The summed E-state index contributed by atoms with van der Waals surface area (Å²) in [7, 11) is 2.21. The van der Waals surface area contributed by atoms with Crippen molar-refractivity contribution < 1.29 is 4.79 Å². The number of carbonyl (C=O) groups excluding carboxylic acids is 1. The lowest BCUT2D eigenvalue weighted by Crippen LogP contribution is -2.36. The van der Waals surface area contributed by atoms with E-state index in [1.54, 1.807) is 11.3 Å². The Morgan fingerprint density at radius 1 is 1.23 bits per heavy atom. The molecule has 0 bridgehead atoms. The van der Waals surface area contributed by atoms with Crippen molar-refractivity contribution in [2.45, 2.75) is 76.0 Å². The quantitative estimate of drug-likeness (QED) is 0.553. The molecule has 31 heavy (non-hydrogen) atoms. The van der Waals surface area contributed by atoms with Crippen LogP contribution in [0.1, 0.15) is 67.6 Å². The molecule has 0 spiro atoms. The first-order valence-electron chi connectivity index (χ1n) is 11.7. The van der Waals surface area contributed by atoms with Gasteiger partial charge in [-0.1, -0.05) is 19.3 Å². The van der Waals surface area contributed by atoms with Crippen LogP contribution in [0.25, 0.3) is 10.2 Å². The Morgan fingerprint density at radius 2 is 2.03 bits per heavy atom. The summed E-state index contributed by atoms with van der Waals surface area (Å²) in [5, 5.41) is 3.82. The monoisotopic (exact) mass is 462 g/mol. The average Bonchev–Trinajstić information content (AvgIpc) is 3.16. The molecule has 1 saturated carbocycles. The molecule has 0 atom stereocenters. The Morgan fingerprint density at radius 3 is 2.87 bits per heavy atom. The fraction of sp³-hybridized carbons (Fsp3) is 0.696. The van der Waals surface area contributed by atoms with Gasteiger partial charge in [0, 0.05) is 17.5 Å². The molecule has 6 nitrogen and oxygen atoms in total. The van der Waals surface area contributed by atoms with Gasteiger partial charge >= 0.3 is 0 Å². The van der Waals surface area contributed by atoms with Gasteiger partial charge in [0.2, 0.25) is 5.91 Å². The third-order valence-corrected chi connectivity index (χ3v) is 8.68. The highest BCUT2D eigenvalue weighted by Crippen LogP contribution is 2.33. The lowest BCUT2D eigenvalue weighted by molar-refractivity contribution is -0.118. The molecule has 0 aromatic carbocycles. The topological polar surface area (TPSA) is 78.1 Å². The molecule has 0 saturated heterocycles. The number of H-pyrrole nitrogens is 1. The van der Waals surface area contributed by atoms with Crippen LogP contribution < -0.4 is 10.9 Å². The number of amides is 1. The average molecular weight is 463 g/mol. The second-order valence-electron chi connectivity index (χ2n) is 8.87. The molecule has 4 rings (SSSR count). The fourth-order valence-corrected chi connectivity index (χ4v) is 6.83. The highest BCUT2D eigenvalue weighted by Gasteiger charge is 2.20. The number of carbonyl (C=O) groups is 1. The van der Waals surface area contributed by atoms with Gasteiger partial charge in [0.05, 0.1) is 16.9 Å². The number of hydrogen-bond acceptors (Lipinski definition) is 6. The van der Waals surface area contributed by atoms with E-state index in [1.807, 2.05) is 0 Å². The molecule has 2 N–H and O–H groups in total. The summed E-state index contributed by atoms with van der Waals surface area (Å²) in [6.45, 7) is 1.76. The Labute approximate surface area is 192 Å². The summed E-state index contributed by atoms with van der Waals surface area (Å²) in [5.74, 6) is 1.66. The highest BCUT2D eigenvalue weighted by molar-refractivity contribution is 7.99. The van der Waals surface area contributed by atoms with Gasteiger partial charge in [0.1, 0.15) is 10.7 Å². The van der Waals surface area contributed by atoms with Gasteiger partial charge in [0.25, 0.3) is 5.56 Å². The summed E-state index contributed by atoms with van der Waals surface area (Å²) >= 11 is 3.17. The van der Waals surface area contributed by atoms with E-state index in [0.29, 0.717) is 17.3 Å². The molecule has 2 aromatic rings. The van der Waals surface area contributed by atoms with E-state index in [0.717, 1.165) is 55.0 Å². The predicted molar refractivity (Wildman–Crippen MR) is 130 cm³/mol. The first kappa shape index (κ1) is 22.8. The number of thiophene rings is 1. The highest BCUT2D eigenvalue weighted by atomic mass is 32.2. The number of aromatic nitrogens is 2. The number of aromatic amines is 1. The van der Waals surface area contributed by atoms with Crippen LogP contribution in [0.3, 0.4) is 0 Å². The fourth-order valence-electron chi connectivity index (χ4n) is 4.83. The zero-order valence-electron chi connectivity index (χ0n) is 18.5. The smallest absolute Gasteiger partial charge is 0.259 e. The third kappa shape index (κ3) is 5.90. The van der Waals surface area contributed by atoms with Crippen LogP contribution in [0, 0.1) is 0 Å². The molecular weight excluding hydrogens is 428 g/mol. The van der Waals surface area contributed by atoms with Crippen molar-refractivity contribution in [2.24, 2.45) is 0 Å². The number of hydrogen-bond donors (Lipinski definition) is 2. The maximum Gasteiger partial charge on any atom is 0.259 e. The van der Waals surface area contributed by atoms with E-state index >= 15 is 0 Å². The van der Waals surface area contributed by atoms with E-state index in [2.05, 4.69) is 27.2 Å². The molecule has 2 aliphatic rings.